The van der Waals surface area contributed by atoms with Crippen molar-refractivity contribution in [2.45, 2.75) is 26.8 Å². The van der Waals surface area contributed by atoms with Gasteiger partial charge in [-0.1, -0.05) is 26.0 Å². The molecule has 5 heteroatoms. The summed E-state index contributed by atoms with van der Waals surface area (Å²) in [5.74, 6) is 7.24. The van der Waals surface area contributed by atoms with Crippen LogP contribution in [0.4, 0.5) is 0 Å². The third kappa shape index (κ3) is 4.72. The van der Waals surface area contributed by atoms with Gasteiger partial charge in [-0.25, -0.2) is 5.84 Å². The third-order valence-electron chi connectivity index (χ3n) is 3.53. The number of rotatable bonds is 6. The van der Waals surface area contributed by atoms with Gasteiger partial charge >= 0.3 is 0 Å². The summed E-state index contributed by atoms with van der Waals surface area (Å²) in [5, 5.41) is 4.50. The number of benzene rings is 1. The SMILES string of the molecule is CC(C)COc1cccc(CN(N)C(=O)C2CCNC2)c1. The maximum Gasteiger partial charge on any atom is 0.241 e. The number of carbonyl (C=O) groups excluding carboxylic acids is 1. The van der Waals surface area contributed by atoms with Crippen LogP contribution in [0.3, 0.4) is 0 Å². The van der Waals surface area contributed by atoms with Crippen LogP contribution in [-0.4, -0.2) is 30.6 Å². The van der Waals surface area contributed by atoms with E-state index in [1.165, 1.54) is 5.01 Å². The topological polar surface area (TPSA) is 67.6 Å². The highest BCUT2D eigenvalue weighted by atomic mass is 16.5. The third-order valence-corrected chi connectivity index (χ3v) is 3.53. The molecule has 0 radical (unpaired) electrons. The van der Waals surface area contributed by atoms with Gasteiger partial charge in [-0.05, 0) is 36.6 Å². The number of ether oxygens (including phenoxy) is 1. The molecule has 5 nitrogen and oxygen atoms in total. The maximum atomic E-state index is 12.2. The average molecular weight is 291 g/mol. The van der Waals surface area contributed by atoms with E-state index in [4.69, 9.17) is 10.6 Å². The van der Waals surface area contributed by atoms with Gasteiger partial charge in [0.05, 0.1) is 19.1 Å². The lowest BCUT2D eigenvalue weighted by atomic mass is 10.1. The van der Waals surface area contributed by atoms with Crippen LogP contribution in [-0.2, 0) is 11.3 Å². The van der Waals surface area contributed by atoms with Crippen molar-refractivity contribution in [2.75, 3.05) is 19.7 Å². The van der Waals surface area contributed by atoms with Crippen LogP contribution < -0.4 is 15.9 Å². The first-order chi connectivity index (χ1) is 10.1. The molecule has 0 aromatic heterocycles. The molecule has 1 aromatic carbocycles. The molecule has 116 valence electrons. The van der Waals surface area contributed by atoms with Crippen LogP contribution in [0.5, 0.6) is 5.75 Å². The molecule has 1 unspecified atom stereocenters. The van der Waals surface area contributed by atoms with E-state index >= 15 is 0 Å². The highest BCUT2D eigenvalue weighted by Gasteiger charge is 2.25. The molecule has 0 spiro atoms. The van der Waals surface area contributed by atoms with Gasteiger partial charge in [0.15, 0.2) is 0 Å². The molecule has 3 N–H and O–H groups in total. The molecule has 0 saturated carbocycles. The summed E-state index contributed by atoms with van der Waals surface area (Å²) in [6.45, 7) is 6.93. The summed E-state index contributed by atoms with van der Waals surface area (Å²) in [5.41, 5.74) is 0.984. The van der Waals surface area contributed by atoms with Crippen molar-refractivity contribution < 1.29 is 9.53 Å². The van der Waals surface area contributed by atoms with E-state index in [9.17, 15) is 4.79 Å². The second kappa shape index (κ2) is 7.43. The number of nitrogens with zero attached hydrogens (tertiary/aromatic N) is 1. The van der Waals surface area contributed by atoms with Crippen LogP contribution >= 0.6 is 0 Å². The molecule has 2 rings (SSSR count). The predicted octanol–water partition coefficient (Wildman–Crippen LogP) is 1.53. The maximum absolute atomic E-state index is 12.2. The number of hydrogen-bond acceptors (Lipinski definition) is 4. The highest BCUT2D eigenvalue weighted by Crippen LogP contribution is 2.17. The zero-order valence-corrected chi connectivity index (χ0v) is 12.8. The summed E-state index contributed by atoms with van der Waals surface area (Å²) < 4.78 is 5.70. The number of nitrogens with two attached hydrogens (primary N) is 1. The monoisotopic (exact) mass is 291 g/mol. The Hall–Kier alpha value is -1.59. The van der Waals surface area contributed by atoms with Crippen LogP contribution in [0.25, 0.3) is 0 Å². The van der Waals surface area contributed by atoms with E-state index in [1.54, 1.807) is 0 Å². The molecule has 1 heterocycles. The molecular formula is C16H25N3O2. The van der Waals surface area contributed by atoms with E-state index in [0.29, 0.717) is 19.1 Å². The number of hydrogen-bond donors (Lipinski definition) is 2. The van der Waals surface area contributed by atoms with E-state index in [0.717, 1.165) is 30.8 Å². The Labute approximate surface area is 126 Å². The van der Waals surface area contributed by atoms with E-state index < -0.39 is 0 Å². The summed E-state index contributed by atoms with van der Waals surface area (Å²) in [7, 11) is 0. The molecule has 1 aromatic rings. The van der Waals surface area contributed by atoms with E-state index in [-0.39, 0.29) is 11.8 Å². The molecule has 1 atom stereocenters. The van der Waals surface area contributed by atoms with Gasteiger partial charge < -0.3 is 10.1 Å². The molecule has 1 aliphatic rings. The molecule has 1 saturated heterocycles. The zero-order chi connectivity index (χ0) is 15.2. The number of amides is 1. The number of nitrogens with one attached hydrogen (secondary N) is 1. The van der Waals surface area contributed by atoms with Crippen molar-refractivity contribution in [3.05, 3.63) is 29.8 Å². The molecule has 21 heavy (non-hydrogen) atoms. The van der Waals surface area contributed by atoms with Crippen LogP contribution in [0.2, 0.25) is 0 Å². The summed E-state index contributed by atoms with van der Waals surface area (Å²) in [6, 6.07) is 7.76. The van der Waals surface area contributed by atoms with Crippen molar-refractivity contribution in [2.24, 2.45) is 17.7 Å². The molecule has 1 aliphatic heterocycles. The van der Waals surface area contributed by atoms with Crippen molar-refractivity contribution in [3.63, 3.8) is 0 Å². The van der Waals surface area contributed by atoms with Gasteiger partial charge in [-0.3, -0.25) is 9.80 Å². The first-order valence-corrected chi connectivity index (χ1v) is 7.55. The van der Waals surface area contributed by atoms with Crippen molar-refractivity contribution in [3.8, 4) is 5.75 Å². The van der Waals surface area contributed by atoms with Gasteiger partial charge in [-0.15, -0.1) is 0 Å². The number of hydrazine groups is 1. The van der Waals surface area contributed by atoms with Gasteiger partial charge in [-0.2, -0.15) is 0 Å². The quantitative estimate of drug-likeness (QED) is 0.474. The van der Waals surface area contributed by atoms with Crippen LogP contribution in [0, 0.1) is 11.8 Å². The number of carbonyl (C=O) groups is 1. The van der Waals surface area contributed by atoms with Crippen molar-refractivity contribution >= 4 is 5.91 Å². The lowest BCUT2D eigenvalue weighted by molar-refractivity contribution is -0.135. The van der Waals surface area contributed by atoms with Gasteiger partial charge in [0.2, 0.25) is 5.91 Å². The minimum absolute atomic E-state index is 0.00787. The smallest absolute Gasteiger partial charge is 0.241 e. The van der Waals surface area contributed by atoms with E-state index in [2.05, 4.69) is 19.2 Å². The Morgan fingerprint density at radius 3 is 3.00 bits per heavy atom. The fourth-order valence-corrected chi connectivity index (χ4v) is 2.37. The minimum atomic E-state index is 0.00787. The largest absolute Gasteiger partial charge is 0.493 e. The Bertz CT molecular complexity index is 470. The summed E-state index contributed by atoms with van der Waals surface area (Å²) >= 11 is 0. The molecule has 1 amide bonds. The second-order valence-electron chi connectivity index (χ2n) is 6.01. The lowest BCUT2D eigenvalue weighted by Crippen LogP contribution is -2.41. The minimum Gasteiger partial charge on any atom is -0.493 e. The second-order valence-corrected chi connectivity index (χ2v) is 6.01. The standard InChI is InChI=1S/C16H25N3O2/c1-12(2)11-21-15-5-3-4-13(8-15)10-19(17)16(20)14-6-7-18-9-14/h3-5,8,12,14,18H,6-7,9-11,17H2,1-2H3. The molecule has 0 aliphatic carbocycles. The van der Waals surface area contributed by atoms with Gasteiger partial charge in [0, 0.05) is 6.54 Å². The van der Waals surface area contributed by atoms with Gasteiger partial charge in [0.1, 0.15) is 5.75 Å². The molecule has 0 bridgehead atoms. The first kappa shape index (κ1) is 15.8. The fraction of sp³-hybridized carbons (Fsp3) is 0.562. The first-order valence-electron chi connectivity index (χ1n) is 7.55. The van der Waals surface area contributed by atoms with E-state index in [1.807, 2.05) is 24.3 Å². The molecular weight excluding hydrogens is 266 g/mol. The van der Waals surface area contributed by atoms with Gasteiger partial charge in [0.25, 0.3) is 0 Å². The van der Waals surface area contributed by atoms with Crippen LogP contribution in [0.1, 0.15) is 25.8 Å². The normalized spacial score (nSPS) is 18.0. The summed E-state index contributed by atoms with van der Waals surface area (Å²) in [4.78, 5) is 12.2. The van der Waals surface area contributed by atoms with Crippen LogP contribution in [0.15, 0.2) is 24.3 Å². The Morgan fingerprint density at radius 2 is 2.33 bits per heavy atom. The zero-order valence-electron chi connectivity index (χ0n) is 12.8. The Balaban J connectivity index is 1.92. The summed E-state index contributed by atoms with van der Waals surface area (Å²) in [6.07, 6.45) is 0.865. The molecule has 1 fully saturated rings. The lowest BCUT2D eigenvalue weighted by Gasteiger charge is -2.20. The highest BCUT2D eigenvalue weighted by molar-refractivity contribution is 5.78. The Kier molecular flexibility index (Phi) is 5.59. The fourth-order valence-electron chi connectivity index (χ4n) is 2.37. The average Bonchev–Trinajstić information content (AvgIpc) is 2.98. The Morgan fingerprint density at radius 1 is 1.52 bits per heavy atom. The van der Waals surface area contributed by atoms with Crippen molar-refractivity contribution in [1.82, 2.24) is 10.3 Å². The van der Waals surface area contributed by atoms with Crippen molar-refractivity contribution in [1.29, 1.82) is 0 Å². The predicted molar refractivity (Wildman–Crippen MR) is 82.5 cm³/mol.